The fraction of sp³-hybridized carbons (Fsp3) is 0.267. The highest BCUT2D eigenvalue weighted by Gasteiger charge is 2.07. The number of carbonyl (C=O) groups excluding carboxylic acids is 1. The molecule has 2 aromatic carbocycles. The van der Waals surface area contributed by atoms with Crippen LogP contribution in [0.2, 0.25) is 0 Å². The lowest BCUT2D eigenvalue weighted by atomic mass is 10.1. The number of rotatable bonds is 6. The van der Waals surface area contributed by atoms with Crippen LogP contribution in [0.1, 0.15) is 0 Å². The summed E-state index contributed by atoms with van der Waals surface area (Å²) in [4.78, 5) is 11.9. The van der Waals surface area contributed by atoms with Gasteiger partial charge in [0.2, 0.25) is 5.91 Å². The summed E-state index contributed by atoms with van der Waals surface area (Å²) in [7, 11) is 1.63. The fourth-order valence-corrected chi connectivity index (χ4v) is 2.42. The molecule has 0 saturated carbocycles. The molecule has 0 radical (unpaired) electrons. The summed E-state index contributed by atoms with van der Waals surface area (Å²) in [6, 6.07) is 11.8. The zero-order valence-corrected chi connectivity index (χ0v) is 12.9. The van der Waals surface area contributed by atoms with Gasteiger partial charge in [-0.1, -0.05) is 40.2 Å². The van der Waals surface area contributed by atoms with E-state index in [1.807, 2.05) is 36.4 Å². The summed E-state index contributed by atoms with van der Waals surface area (Å²) in [6.07, 6.45) is 0. The molecule has 0 heterocycles. The van der Waals surface area contributed by atoms with Crippen molar-refractivity contribution in [3.05, 3.63) is 40.9 Å². The van der Waals surface area contributed by atoms with Gasteiger partial charge in [0, 0.05) is 29.2 Å². The lowest BCUT2D eigenvalue weighted by molar-refractivity contribution is -0.115. The maximum absolute atomic E-state index is 11.9. The molecule has 106 valence electrons. The zero-order chi connectivity index (χ0) is 14.4. The van der Waals surface area contributed by atoms with E-state index < -0.39 is 0 Å². The average molecular weight is 337 g/mol. The van der Waals surface area contributed by atoms with Gasteiger partial charge in [-0.2, -0.15) is 0 Å². The average Bonchev–Trinajstić information content (AvgIpc) is 2.47. The topological polar surface area (TPSA) is 50.4 Å². The van der Waals surface area contributed by atoms with Crippen molar-refractivity contribution in [1.29, 1.82) is 0 Å². The van der Waals surface area contributed by atoms with E-state index in [9.17, 15) is 4.79 Å². The molecule has 0 aliphatic heterocycles. The summed E-state index contributed by atoms with van der Waals surface area (Å²) >= 11 is 3.52. The summed E-state index contributed by atoms with van der Waals surface area (Å²) in [5.74, 6) is -0.0615. The van der Waals surface area contributed by atoms with Crippen LogP contribution in [0.3, 0.4) is 0 Å². The molecular weight excluding hydrogens is 320 g/mol. The molecular formula is C15H17BrN2O2. The van der Waals surface area contributed by atoms with Crippen LogP contribution in [0, 0.1) is 0 Å². The Balaban J connectivity index is 2.06. The predicted octanol–water partition coefficient (Wildman–Crippen LogP) is 2.78. The summed E-state index contributed by atoms with van der Waals surface area (Å²) < 4.78 is 5.93. The first-order valence-electron chi connectivity index (χ1n) is 6.39. The summed E-state index contributed by atoms with van der Waals surface area (Å²) in [6.45, 7) is 1.52. The van der Waals surface area contributed by atoms with E-state index in [2.05, 4.69) is 26.6 Å². The van der Waals surface area contributed by atoms with Gasteiger partial charge in [-0.05, 0) is 17.5 Å². The van der Waals surface area contributed by atoms with E-state index >= 15 is 0 Å². The number of carbonyl (C=O) groups is 1. The molecule has 0 bridgehead atoms. The molecule has 0 saturated heterocycles. The van der Waals surface area contributed by atoms with Gasteiger partial charge in [-0.25, -0.2) is 0 Å². The fourth-order valence-electron chi connectivity index (χ4n) is 1.94. The standard InChI is InChI=1S/C15H17BrN2O2/c1-20-9-8-17-10-15(19)18-14-7-6-13(16)11-4-2-3-5-12(11)14/h2-7,17H,8-10H2,1H3,(H,18,19). The lowest BCUT2D eigenvalue weighted by Gasteiger charge is -2.10. The monoisotopic (exact) mass is 336 g/mol. The molecule has 4 nitrogen and oxygen atoms in total. The normalized spacial score (nSPS) is 10.7. The maximum atomic E-state index is 11.9. The van der Waals surface area contributed by atoms with E-state index in [0.29, 0.717) is 13.2 Å². The number of benzene rings is 2. The summed E-state index contributed by atoms with van der Waals surface area (Å²) in [5, 5.41) is 8.05. The van der Waals surface area contributed by atoms with Crippen LogP contribution in [-0.4, -0.2) is 32.7 Å². The van der Waals surface area contributed by atoms with Gasteiger partial charge >= 0.3 is 0 Å². The number of fused-ring (bicyclic) bond motifs is 1. The molecule has 0 atom stereocenters. The maximum Gasteiger partial charge on any atom is 0.238 e. The van der Waals surface area contributed by atoms with Gasteiger partial charge in [-0.15, -0.1) is 0 Å². The number of halogens is 1. The van der Waals surface area contributed by atoms with Crippen LogP contribution in [-0.2, 0) is 9.53 Å². The zero-order valence-electron chi connectivity index (χ0n) is 11.3. The third-order valence-electron chi connectivity index (χ3n) is 2.91. The second-order valence-electron chi connectivity index (χ2n) is 4.36. The van der Waals surface area contributed by atoms with Crippen LogP contribution in [0.25, 0.3) is 10.8 Å². The minimum atomic E-state index is -0.0615. The van der Waals surface area contributed by atoms with Gasteiger partial charge in [0.25, 0.3) is 0 Å². The van der Waals surface area contributed by atoms with Gasteiger partial charge in [0.05, 0.1) is 13.2 Å². The van der Waals surface area contributed by atoms with Crippen LogP contribution < -0.4 is 10.6 Å². The van der Waals surface area contributed by atoms with Crippen molar-refractivity contribution >= 4 is 38.3 Å². The van der Waals surface area contributed by atoms with Crippen LogP contribution in [0.4, 0.5) is 5.69 Å². The first-order chi connectivity index (χ1) is 9.72. The number of ether oxygens (including phenoxy) is 1. The van der Waals surface area contributed by atoms with Crippen molar-refractivity contribution in [1.82, 2.24) is 5.32 Å². The Morgan fingerprint density at radius 2 is 1.95 bits per heavy atom. The molecule has 0 unspecified atom stereocenters. The Labute approximate surface area is 126 Å². The van der Waals surface area contributed by atoms with E-state index in [1.165, 1.54) is 0 Å². The Kier molecular flexibility index (Phi) is 5.52. The van der Waals surface area contributed by atoms with E-state index in [1.54, 1.807) is 7.11 Å². The first kappa shape index (κ1) is 15.0. The van der Waals surface area contributed by atoms with Crippen LogP contribution in [0.5, 0.6) is 0 Å². The van der Waals surface area contributed by atoms with E-state index in [4.69, 9.17) is 4.74 Å². The summed E-state index contributed by atoms with van der Waals surface area (Å²) in [5.41, 5.74) is 0.822. The Hall–Kier alpha value is -1.43. The highest BCUT2D eigenvalue weighted by atomic mass is 79.9. The Morgan fingerprint density at radius 3 is 2.70 bits per heavy atom. The molecule has 0 aliphatic rings. The molecule has 2 N–H and O–H groups in total. The SMILES string of the molecule is COCCNCC(=O)Nc1ccc(Br)c2ccccc12. The smallest absolute Gasteiger partial charge is 0.238 e. The minimum Gasteiger partial charge on any atom is -0.383 e. The highest BCUT2D eigenvalue weighted by Crippen LogP contribution is 2.29. The number of methoxy groups -OCH3 is 1. The predicted molar refractivity (Wildman–Crippen MR) is 85.0 cm³/mol. The molecule has 0 aromatic heterocycles. The van der Waals surface area contributed by atoms with Crippen molar-refractivity contribution < 1.29 is 9.53 Å². The number of nitrogens with one attached hydrogen (secondary N) is 2. The van der Waals surface area contributed by atoms with Crippen molar-refractivity contribution in [3.63, 3.8) is 0 Å². The van der Waals surface area contributed by atoms with Crippen molar-refractivity contribution in [3.8, 4) is 0 Å². The molecule has 0 spiro atoms. The molecule has 2 rings (SSSR count). The van der Waals surface area contributed by atoms with E-state index in [0.717, 1.165) is 20.9 Å². The Morgan fingerprint density at radius 1 is 1.20 bits per heavy atom. The van der Waals surface area contributed by atoms with Crippen LogP contribution in [0.15, 0.2) is 40.9 Å². The van der Waals surface area contributed by atoms with Gasteiger partial charge in [0.15, 0.2) is 0 Å². The van der Waals surface area contributed by atoms with Gasteiger partial charge in [-0.3, -0.25) is 4.79 Å². The van der Waals surface area contributed by atoms with Crippen LogP contribution >= 0.6 is 15.9 Å². The third kappa shape index (κ3) is 3.79. The minimum absolute atomic E-state index is 0.0615. The molecule has 1 amide bonds. The number of hydrogen-bond acceptors (Lipinski definition) is 3. The second-order valence-corrected chi connectivity index (χ2v) is 5.21. The largest absolute Gasteiger partial charge is 0.383 e. The van der Waals surface area contributed by atoms with Gasteiger partial charge in [0.1, 0.15) is 0 Å². The van der Waals surface area contributed by atoms with Crippen molar-refractivity contribution in [2.75, 3.05) is 32.1 Å². The number of amides is 1. The third-order valence-corrected chi connectivity index (χ3v) is 3.60. The molecule has 0 fully saturated rings. The Bertz CT molecular complexity index is 601. The van der Waals surface area contributed by atoms with E-state index in [-0.39, 0.29) is 12.5 Å². The number of hydrogen-bond donors (Lipinski definition) is 2. The van der Waals surface area contributed by atoms with Crippen molar-refractivity contribution in [2.24, 2.45) is 0 Å². The molecule has 20 heavy (non-hydrogen) atoms. The highest BCUT2D eigenvalue weighted by molar-refractivity contribution is 9.10. The number of anilines is 1. The molecule has 0 aliphatic carbocycles. The molecule has 2 aromatic rings. The first-order valence-corrected chi connectivity index (χ1v) is 7.18. The van der Waals surface area contributed by atoms with Gasteiger partial charge < -0.3 is 15.4 Å². The second kappa shape index (κ2) is 7.38. The lowest BCUT2D eigenvalue weighted by Crippen LogP contribution is -2.30. The van der Waals surface area contributed by atoms with Crippen molar-refractivity contribution in [2.45, 2.75) is 0 Å². The quantitative estimate of drug-likeness (QED) is 0.797. The molecule has 5 heteroatoms.